The number of amides is 2. The van der Waals surface area contributed by atoms with Crippen molar-refractivity contribution in [3.05, 3.63) is 0 Å². The molecule has 0 radical (unpaired) electrons. The van der Waals surface area contributed by atoms with Crippen molar-refractivity contribution >= 4 is 6.03 Å². The van der Waals surface area contributed by atoms with Gasteiger partial charge in [-0.25, -0.2) is 4.79 Å². The molecule has 0 aromatic heterocycles. The minimum absolute atomic E-state index is 0.00771. The van der Waals surface area contributed by atoms with Crippen molar-refractivity contribution in [2.45, 2.75) is 70.9 Å². The fourth-order valence-corrected chi connectivity index (χ4v) is 2.23. The van der Waals surface area contributed by atoms with Crippen LogP contribution in [0.2, 0.25) is 0 Å². The Bertz CT molecular complexity index is 226. The quantitative estimate of drug-likeness (QED) is 0.688. The molecule has 0 unspecified atom stereocenters. The topological polar surface area (TPSA) is 50.4 Å². The van der Waals surface area contributed by atoms with Gasteiger partial charge in [-0.1, -0.05) is 19.3 Å². The van der Waals surface area contributed by atoms with Gasteiger partial charge in [-0.3, -0.25) is 0 Å². The van der Waals surface area contributed by atoms with Crippen LogP contribution in [0.15, 0.2) is 0 Å². The summed E-state index contributed by atoms with van der Waals surface area (Å²) in [5.74, 6) is 0. The van der Waals surface area contributed by atoms with Gasteiger partial charge in [0.15, 0.2) is 0 Å². The van der Waals surface area contributed by atoms with Crippen molar-refractivity contribution in [2.24, 2.45) is 0 Å². The first-order valence-corrected chi connectivity index (χ1v) is 7.34. The maximum atomic E-state index is 11.6. The van der Waals surface area contributed by atoms with Crippen LogP contribution in [-0.4, -0.2) is 31.3 Å². The summed E-state index contributed by atoms with van der Waals surface area (Å²) in [6.07, 6.45) is 8.36. The third kappa shape index (κ3) is 7.54. The minimum Gasteiger partial charge on any atom is -0.379 e. The summed E-state index contributed by atoms with van der Waals surface area (Å²) >= 11 is 0. The number of hydrogen-bond acceptors (Lipinski definition) is 2. The normalized spacial score (nSPS) is 16.8. The molecule has 1 aliphatic carbocycles. The Morgan fingerprint density at radius 2 is 1.94 bits per heavy atom. The zero-order valence-corrected chi connectivity index (χ0v) is 11.8. The number of ether oxygens (including phenoxy) is 1. The zero-order chi connectivity index (χ0) is 13.2. The van der Waals surface area contributed by atoms with Crippen LogP contribution >= 0.6 is 0 Å². The lowest BCUT2D eigenvalue weighted by Crippen LogP contribution is -2.43. The number of rotatable bonds is 7. The molecule has 2 N–H and O–H groups in total. The van der Waals surface area contributed by atoms with Gasteiger partial charge in [-0.05, 0) is 39.5 Å². The molecule has 18 heavy (non-hydrogen) atoms. The van der Waals surface area contributed by atoms with E-state index in [4.69, 9.17) is 4.74 Å². The highest BCUT2D eigenvalue weighted by Crippen LogP contribution is 2.17. The van der Waals surface area contributed by atoms with Gasteiger partial charge in [-0.2, -0.15) is 0 Å². The fourth-order valence-electron chi connectivity index (χ4n) is 2.23. The van der Waals surface area contributed by atoms with E-state index in [1.807, 2.05) is 13.8 Å². The highest BCUT2D eigenvalue weighted by molar-refractivity contribution is 5.74. The largest absolute Gasteiger partial charge is 0.379 e. The number of urea groups is 1. The van der Waals surface area contributed by atoms with Gasteiger partial charge in [0.25, 0.3) is 0 Å². The molecular weight excluding hydrogens is 228 g/mol. The molecular formula is C14H28N2O2. The smallest absolute Gasteiger partial charge is 0.315 e. The van der Waals surface area contributed by atoms with E-state index in [1.165, 1.54) is 19.3 Å². The van der Waals surface area contributed by atoms with E-state index in [9.17, 15) is 4.79 Å². The lowest BCUT2D eigenvalue weighted by molar-refractivity contribution is 0.0761. The molecule has 0 aliphatic heterocycles. The lowest BCUT2D eigenvalue weighted by atomic mass is 9.96. The summed E-state index contributed by atoms with van der Waals surface area (Å²) in [6.45, 7) is 5.59. The Morgan fingerprint density at radius 3 is 2.61 bits per heavy atom. The van der Waals surface area contributed by atoms with Crippen molar-refractivity contribution in [1.29, 1.82) is 0 Å². The third-order valence-electron chi connectivity index (χ3n) is 3.25. The van der Waals surface area contributed by atoms with Crippen LogP contribution in [-0.2, 0) is 4.74 Å². The van der Waals surface area contributed by atoms with Crippen molar-refractivity contribution in [3.63, 3.8) is 0 Å². The van der Waals surface area contributed by atoms with E-state index < -0.39 is 0 Å². The molecule has 0 spiro atoms. The number of hydrogen-bond donors (Lipinski definition) is 2. The first-order valence-electron chi connectivity index (χ1n) is 7.34. The van der Waals surface area contributed by atoms with Crippen LogP contribution in [0.25, 0.3) is 0 Å². The molecule has 0 bridgehead atoms. The van der Waals surface area contributed by atoms with Crippen molar-refractivity contribution < 1.29 is 9.53 Å². The second-order valence-electron chi connectivity index (χ2n) is 5.36. The Labute approximate surface area is 111 Å². The number of unbranched alkanes of at least 4 members (excludes halogenated alkanes) is 1. The first kappa shape index (κ1) is 15.3. The van der Waals surface area contributed by atoms with Gasteiger partial charge in [0.2, 0.25) is 0 Å². The molecule has 0 aromatic carbocycles. The summed E-state index contributed by atoms with van der Waals surface area (Å²) in [5, 5.41) is 5.96. The van der Waals surface area contributed by atoms with E-state index in [0.29, 0.717) is 12.1 Å². The SMILES string of the molecule is CC(C)OCCCCNC(=O)NC1CCCCC1. The molecule has 0 heterocycles. The monoisotopic (exact) mass is 256 g/mol. The van der Waals surface area contributed by atoms with E-state index in [1.54, 1.807) is 0 Å². The van der Waals surface area contributed by atoms with Crippen LogP contribution in [0.3, 0.4) is 0 Å². The second kappa shape index (κ2) is 9.20. The fraction of sp³-hybridized carbons (Fsp3) is 0.929. The number of carbonyl (C=O) groups is 1. The maximum absolute atomic E-state index is 11.6. The van der Waals surface area contributed by atoms with E-state index in [0.717, 1.165) is 38.8 Å². The molecule has 4 heteroatoms. The predicted octanol–water partition coefficient (Wildman–Crippen LogP) is 2.82. The van der Waals surface area contributed by atoms with Gasteiger partial charge in [0.1, 0.15) is 0 Å². The molecule has 0 aromatic rings. The lowest BCUT2D eigenvalue weighted by Gasteiger charge is -2.22. The van der Waals surface area contributed by atoms with Crippen LogP contribution in [0.5, 0.6) is 0 Å². The summed E-state index contributed by atoms with van der Waals surface area (Å²) < 4.78 is 5.44. The molecule has 4 nitrogen and oxygen atoms in total. The molecule has 2 amide bonds. The summed E-state index contributed by atoms with van der Waals surface area (Å²) in [6, 6.07) is 0.384. The van der Waals surface area contributed by atoms with Gasteiger partial charge in [0.05, 0.1) is 6.10 Å². The zero-order valence-electron chi connectivity index (χ0n) is 11.8. The highest BCUT2D eigenvalue weighted by atomic mass is 16.5. The molecule has 0 saturated heterocycles. The molecule has 1 aliphatic rings. The molecule has 0 atom stereocenters. The molecule has 106 valence electrons. The second-order valence-corrected chi connectivity index (χ2v) is 5.36. The van der Waals surface area contributed by atoms with Gasteiger partial charge in [0, 0.05) is 19.2 Å². The first-order chi connectivity index (χ1) is 8.68. The molecule has 1 saturated carbocycles. The Balaban J connectivity index is 1.93. The Hall–Kier alpha value is -0.770. The third-order valence-corrected chi connectivity index (χ3v) is 3.25. The number of nitrogens with one attached hydrogen (secondary N) is 2. The highest BCUT2D eigenvalue weighted by Gasteiger charge is 2.14. The van der Waals surface area contributed by atoms with Crippen LogP contribution in [0.1, 0.15) is 58.8 Å². The van der Waals surface area contributed by atoms with Gasteiger partial charge >= 0.3 is 6.03 Å². The number of carbonyl (C=O) groups excluding carboxylic acids is 1. The summed E-state index contributed by atoms with van der Waals surface area (Å²) in [7, 11) is 0. The van der Waals surface area contributed by atoms with Crippen molar-refractivity contribution in [1.82, 2.24) is 10.6 Å². The molecule has 1 fully saturated rings. The molecule has 1 rings (SSSR count). The van der Waals surface area contributed by atoms with E-state index >= 15 is 0 Å². The Kier molecular flexibility index (Phi) is 7.81. The van der Waals surface area contributed by atoms with Crippen LogP contribution in [0.4, 0.5) is 4.79 Å². The maximum Gasteiger partial charge on any atom is 0.315 e. The van der Waals surface area contributed by atoms with E-state index in [2.05, 4.69) is 10.6 Å². The van der Waals surface area contributed by atoms with Crippen molar-refractivity contribution in [2.75, 3.05) is 13.2 Å². The summed E-state index contributed by atoms with van der Waals surface area (Å²) in [4.78, 5) is 11.6. The van der Waals surface area contributed by atoms with Crippen LogP contribution < -0.4 is 10.6 Å². The standard InChI is InChI=1S/C14H28N2O2/c1-12(2)18-11-7-6-10-15-14(17)16-13-8-4-3-5-9-13/h12-13H,3-11H2,1-2H3,(H2,15,16,17). The van der Waals surface area contributed by atoms with Gasteiger partial charge < -0.3 is 15.4 Å². The average molecular weight is 256 g/mol. The van der Waals surface area contributed by atoms with Gasteiger partial charge in [-0.15, -0.1) is 0 Å². The van der Waals surface area contributed by atoms with E-state index in [-0.39, 0.29) is 6.03 Å². The minimum atomic E-state index is -0.00771. The van der Waals surface area contributed by atoms with Crippen LogP contribution in [0, 0.1) is 0 Å². The average Bonchev–Trinajstić information content (AvgIpc) is 2.34. The Morgan fingerprint density at radius 1 is 1.22 bits per heavy atom. The van der Waals surface area contributed by atoms with Crippen molar-refractivity contribution in [3.8, 4) is 0 Å². The summed E-state index contributed by atoms with van der Waals surface area (Å²) in [5.41, 5.74) is 0. The predicted molar refractivity (Wildman–Crippen MR) is 73.7 cm³/mol.